The molecule has 0 amide bonds. The molecule has 0 bridgehead atoms. The fourth-order valence-corrected chi connectivity index (χ4v) is 4.03. The number of benzene rings is 2. The third-order valence-corrected chi connectivity index (χ3v) is 6.07. The first-order chi connectivity index (χ1) is 13.7. The summed E-state index contributed by atoms with van der Waals surface area (Å²) in [7, 11) is 0. The quantitative estimate of drug-likeness (QED) is 0.472. The Morgan fingerprint density at radius 1 is 0.964 bits per heavy atom. The smallest absolute Gasteiger partial charge is 0.0587 e. The molecule has 0 N–H and O–H groups in total. The van der Waals surface area contributed by atoms with Crippen molar-refractivity contribution in [2.75, 3.05) is 19.6 Å². The third-order valence-electron chi connectivity index (χ3n) is 5.54. The number of halogens is 1. The number of nitriles is 1. The van der Waals surface area contributed by atoms with Gasteiger partial charge in [0.15, 0.2) is 0 Å². The zero-order valence-electron chi connectivity index (χ0n) is 17.3. The Morgan fingerprint density at radius 3 is 2.14 bits per heavy atom. The molecule has 0 aliphatic heterocycles. The molecule has 1 aliphatic carbocycles. The number of aryl methyl sites for hydroxylation is 1. The van der Waals surface area contributed by atoms with Crippen LogP contribution in [0.2, 0.25) is 0 Å². The third kappa shape index (κ3) is 7.30. The van der Waals surface area contributed by atoms with Crippen LogP contribution in [0.25, 0.3) is 0 Å². The highest BCUT2D eigenvalue weighted by molar-refractivity contribution is 6.21. The average molecular weight is 397 g/mol. The van der Waals surface area contributed by atoms with Crippen molar-refractivity contribution in [3.8, 4) is 6.07 Å². The van der Waals surface area contributed by atoms with Crippen molar-refractivity contribution in [1.82, 2.24) is 4.90 Å². The summed E-state index contributed by atoms with van der Waals surface area (Å²) < 4.78 is 0. The Balaban J connectivity index is 0.000000878. The first-order valence-electron chi connectivity index (χ1n) is 10.5. The van der Waals surface area contributed by atoms with Gasteiger partial charge in [-0.05, 0) is 61.9 Å². The predicted octanol–water partition coefficient (Wildman–Crippen LogP) is 6.20. The van der Waals surface area contributed by atoms with Crippen LogP contribution in [0.5, 0.6) is 0 Å². The highest BCUT2D eigenvalue weighted by Gasteiger charge is 2.29. The molecule has 2 aromatic carbocycles. The van der Waals surface area contributed by atoms with E-state index in [0.29, 0.717) is 11.3 Å². The Bertz CT molecular complexity index is 706. The van der Waals surface area contributed by atoms with Crippen molar-refractivity contribution in [2.24, 2.45) is 0 Å². The first kappa shape index (κ1) is 22.5. The van der Waals surface area contributed by atoms with Crippen LogP contribution in [0.1, 0.15) is 55.7 Å². The van der Waals surface area contributed by atoms with Crippen LogP contribution >= 0.6 is 11.6 Å². The van der Waals surface area contributed by atoms with Gasteiger partial charge in [0.2, 0.25) is 0 Å². The van der Waals surface area contributed by atoms with E-state index in [1.54, 1.807) is 6.07 Å². The van der Waals surface area contributed by atoms with E-state index in [1.807, 2.05) is 0 Å². The van der Waals surface area contributed by atoms with Crippen LogP contribution in [0, 0.1) is 11.3 Å². The Labute approximate surface area is 176 Å². The van der Waals surface area contributed by atoms with Crippen LogP contribution in [0.3, 0.4) is 0 Å². The Hall–Kier alpha value is -1.82. The Kier molecular flexibility index (Phi) is 10.1. The van der Waals surface area contributed by atoms with Gasteiger partial charge in [0.25, 0.3) is 0 Å². The summed E-state index contributed by atoms with van der Waals surface area (Å²) in [6, 6.07) is 21.7. The minimum atomic E-state index is 0.355. The number of hydrogen-bond acceptors (Lipinski definition) is 2. The molecule has 150 valence electrons. The van der Waals surface area contributed by atoms with Crippen molar-refractivity contribution in [3.05, 3.63) is 71.3 Å². The molecule has 2 atom stereocenters. The minimum absolute atomic E-state index is 0.355. The zero-order valence-corrected chi connectivity index (χ0v) is 18.0. The van der Waals surface area contributed by atoms with Gasteiger partial charge in [0, 0.05) is 24.8 Å². The normalized spacial score (nSPS) is 18.0. The molecule has 3 rings (SSSR count). The standard InChI is InChI=1S/C23H30ClN.C2H3N/c1-2-25(18-16-19-7-4-3-5-8-19)17-6-9-20-10-12-21(13-11-20)22-14-15-23(22)24;1-2-3/h3-5,7-8,10-13,22-23H,2,6,9,14-18H2,1H3;1H3. The van der Waals surface area contributed by atoms with Gasteiger partial charge in [-0.3, -0.25) is 0 Å². The topological polar surface area (TPSA) is 27.0 Å². The van der Waals surface area contributed by atoms with E-state index in [1.165, 1.54) is 49.4 Å². The largest absolute Gasteiger partial charge is 0.303 e. The van der Waals surface area contributed by atoms with Gasteiger partial charge >= 0.3 is 0 Å². The number of hydrogen-bond donors (Lipinski definition) is 0. The molecule has 2 aromatic rings. The molecule has 2 unspecified atom stereocenters. The second kappa shape index (κ2) is 12.6. The van der Waals surface area contributed by atoms with Gasteiger partial charge in [-0.15, -0.1) is 11.6 Å². The summed E-state index contributed by atoms with van der Waals surface area (Å²) in [6.07, 6.45) is 5.95. The fraction of sp³-hybridized carbons (Fsp3) is 0.480. The summed E-state index contributed by atoms with van der Waals surface area (Å²) >= 11 is 6.29. The molecule has 0 saturated heterocycles. The van der Waals surface area contributed by atoms with E-state index in [9.17, 15) is 0 Å². The van der Waals surface area contributed by atoms with E-state index < -0.39 is 0 Å². The maximum absolute atomic E-state index is 7.32. The van der Waals surface area contributed by atoms with Gasteiger partial charge in [-0.25, -0.2) is 0 Å². The van der Waals surface area contributed by atoms with Crippen molar-refractivity contribution >= 4 is 11.6 Å². The molecular weight excluding hydrogens is 364 g/mol. The van der Waals surface area contributed by atoms with Gasteiger partial charge in [-0.2, -0.15) is 5.26 Å². The van der Waals surface area contributed by atoms with E-state index in [-0.39, 0.29) is 0 Å². The zero-order chi connectivity index (χ0) is 20.2. The Morgan fingerprint density at radius 2 is 1.61 bits per heavy atom. The first-order valence-corrected chi connectivity index (χ1v) is 10.9. The highest BCUT2D eigenvalue weighted by Crippen LogP contribution is 2.40. The van der Waals surface area contributed by atoms with Crippen molar-refractivity contribution in [3.63, 3.8) is 0 Å². The van der Waals surface area contributed by atoms with Gasteiger partial charge in [-0.1, -0.05) is 61.5 Å². The second-order valence-electron chi connectivity index (χ2n) is 7.44. The lowest BCUT2D eigenvalue weighted by atomic mass is 9.79. The molecular formula is C25H33ClN2. The maximum atomic E-state index is 7.32. The van der Waals surface area contributed by atoms with Crippen molar-refractivity contribution < 1.29 is 0 Å². The van der Waals surface area contributed by atoms with Gasteiger partial charge in [0.1, 0.15) is 0 Å². The van der Waals surface area contributed by atoms with Crippen LogP contribution in [-0.2, 0) is 12.8 Å². The minimum Gasteiger partial charge on any atom is -0.303 e. The van der Waals surface area contributed by atoms with Gasteiger partial charge < -0.3 is 4.90 Å². The average Bonchev–Trinajstić information content (AvgIpc) is 2.72. The molecule has 3 heteroatoms. The lowest BCUT2D eigenvalue weighted by molar-refractivity contribution is 0.288. The monoisotopic (exact) mass is 396 g/mol. The van der Waals surface area contributed by atoms with Crippen LogP contribution < -0.4 is 0 Å². The number of likely N-dealkylation sites (N-methyl/N-ethyl adjacent to an activating group) is 1. The number of alkyl halides is 1. The lowest BCUT2D eigenvalue weighted by Gasteiger charge is -2.32. The SMILES string of the molecule is CC#N.CCN(CCCc1ccc(C2CCC2Cl)cc1)CCc1ccccc1. The summed E-state index contributed by atoms with van der Waals surface area (Å²) in [5.74, 6) is 0.587. The maximum Gasteiger partial charge on any atom is 0.0587 e. The summed E-state index contributed by atoms with van der Waals surface area (Å²) in [5, 5.41) is 7.67. The predicted molar refractivity (Wildman–Crippen MR) is 120 cm³/mol. The second-order valence-corrected chi connectivity index (χ2v) is 8.00. The molecule has 0 spiro atoms. The molecule has 1 aliphatic rings. The molecule has 1 saturated carbocycles. The lowest BCUT2D eigenvalue weighted by Crippen LogP contribution is -2.27. The number of rotatable bonds is 9. The van der Waals surface area contributed by atoms with Crippen LogP contribution in [-0.4, -0.2) is 29.9 Å². The van der Waals surface area contributed by atoms with E-state index in [4.69, 9.17) is 16.9 Å². The molecule has 0 heterocycles. The van der Waals surface area contributed by atoms with Crippen LogP contribution in [0.4, 0.5) is 0 Å². The van der Waals surface area contributed by atoms with E-state index in [2.05, 4.69) is 66.4 Å². The summed E-state index contributed by atoms with van der Waals surface area (Å²) in [4.78, 5) is 2.56. The molecule has 2 nitrogen and oxygen atoms in total. The van der Waals surface area contributed by atoms with E-state index in [0.717, 1.165) is 25.9 Å². The van der Waals surface area contributed by atoms with Gasteiger partial charge in [0.05, 0.1) is 6.07 Å². The molecule has 0 radical (unpaired) electrons. The van der Waals surface area contributed by atoms with Crippen LogP contribution in [0.15, 0.2) is 54.6 Å². The fourth-order valence-electron chi connectivity index (χ4n) is 3.63. The van der Waals surface area contributed by atoms with Crippen molar-refractivity contribution in [1.29, 1.82) is 5.26 Å². The van der Waals surface area contributed by atoms with Crippen molar-refractivity contribution in [2.45, 2.75) is 57.2 Å². The highest BCUT2D eigenvalue weighted by atomic mass is 35.5. The number of nitrogens with zero attached hydrogens (tertiary/aromatic N) is 2. The summed E-state index contributed by atoms with van der Waals surface area (Å²) in [6.45, 7) is 7.15. The van der Waals surface area contributed by atoms with E-state index >= 15 is 0 Å². The molecule has 0 aromatic heterocycles. The molecule has 1 fully saturated rings. The summed E-state index contributed by atoms with van der Waals surface area (Å²) in [5.41, 5.74) is 4.31. The molecule has 28 heavy (non-hydrogen) atoms.